The number of Topliss-reactive ketones (excluding diaryl/α,β-unsaturated/α-hetero) is 1. The van der Waals surface area contributed by atoms with Gasteiger partial charge in [-0.25, -0.2) is 0 Å². The molecule has 30 heavy (non-hydrogen) atoms. The quantitative estimate of drug-likeness (QED) is 0.693. The minimum Gasteiger partial charge on any atom is -0.384 e. The van der Waals surface area contributed by atoms with Crippen LogP contribution in [-0.2, 0) is 4.79 Å². The van der Waals surface area contributed by atoms with Crippen molar-refractivity contribution in [3.8, 4) is 6.07 Å². The van der Waals surface area contributed by atoms with Crippen LogP contribution in [0.15, 0.2) is 51.3 Å². The average Bonchev–Trinajstić information content (AvgIpc) is 3.22. The summed E-state index contributed by atoms with van der Waals surface area (Å²) in [7, 11) is 0. The van der Waals surface area contributed by atoms with Gasteiger partial charge in [-0.05, 0) is 36.1 Å². The molecular formula is C22H23N5OS2. The highest BCUT2D eigenvalue weighted by Crippen LogP contribution is 2.47. The first kappa shape index (κ1) is 20.6. The first-order chi connectivity index (χ1) is 14.5. The van der Waals surface area contributed by atoms with Crippen LogP contribution < -0.4 is 10.6 Å². The summed E-state index contributed by atoms with van der Waals surface area (Å²) < 4.78 is 0.812. The molecule has 0 bridgehead atoms. The minimum atomic E-state index is -0.441. The molecule has 2 N–H and O–H groups in total. The Morgan fingerprint density at radius 1 is 1.27 bits per heavy atom. The molecule has 0 radical (unpaired) electrons. The molecule has 2 heterocycles. The van der Waals surface area contributed by atoms with Gasteiger partial charge in [-0.1, -0.05) is 61.2 Å². The Morgan fingerprint density at radius 2 is 2.00 bits per heavy atom. The Kier molecular flexibility index (Phi) is 5.67. The number of hydrogen-bond donors (Lipinski definition) is 1. The second-order valence-electron chi connectivity index (χ2n) is 7.69. The lowest BCUT2D eigenvalue weighted by molar-refractivity contribution is -0.116. The maximum absolute atomic E-state index is 13.1. The predicted octanol–water partition coefficient (Wildman–Crippen LogP) is 4.69. The largest absolute Gasteiger partial charge is 0.384 e. The number of ketones is 1. The molecule has 0 saturated carbocycles. The van der Waals surface area contributed by atoms with Crippen LogP contribution >= 0.6 is 23.1 Å². The van der Waals surface area contributed by atoms with Gasteiger partial charge in [0.2, 0.25) is 5.13 Å². The van der Waals surface area contributed by atoms with E-state index in [1.54, 1.807) is 4.90 Å². The second kappa shape index (κ2) is 8.25. The van der Waals surface area contributed by atoms with E-state index in [0.29, 0.717) is 34.4 Å². The molecule has 1 unspecified atom stereocenters. The fraction of sp³-hybridized carbons (Fsp3) is 0.364. The lowest BCUT2D eigenvalue weighted by Crippen LogP contribution is -2.38. The number of anilines is 1. The molecule has 1 atom stereocenters. The fourth-order valence-corrected chi connectivity index (χ4v) is 5.39. The number of aromatic nitrogens is 2. The normalized spacial score (nSPS) is 19.4. The highest BCUT2D eigenvalue weighted by atomic mass is 32.2. The maximum Gasteiger partial charge on any atom is 0.219 e. The average molecular weight is 438 g/mol. The summed E-state index contributed by atoms with van der Waals surface area (Å²) in [6.45, 7) is 4.28. The smallest absolute Gasteiger partial charge is 0.219 e. The van der Waals surface area contributed by atoms with Crippen LogP contribution in [-0.4, -0.2) is 22.2 Å². The first-order valence-electron chi connectivity index (χ1n) is 9.89. The SMILES string of the molecule is CSc1nnc(N2C(N)=C(C#N)C(c3ccc(C(C)C)cc3)C3=C2CCCC3=O)s1. The fourth-order valence-electron chi connectivity index (χ4n) is 4.09. The molecule has 154 valence electrons. The molecule has 1 aromatic carbocycles. The van der Waals surface area contributed by atoms with Gasteiger partial charge in [0.05, 0.1) is 17.6 Å². The third-order valence-corrected chi connectivity index (χ3v) is 7.50. The summed E-state index contributed by atoms with van der Waals surface area (Å²) in [4.78, 5) is 14.9. The summed E-state index contributed by atoms with van der Waals surface area (Å²) in [6.07, 6.45) is 3.90. The van der Waals surface area contributed by atoms with Crippen molar-refractivity contribution in [2.75, 3.05) is 11.2 Å². The molecule has 0 fully saturated rings. The summed E-state index contributed by atoms with van der Waals surface area (Å²) >= 11 is 2.92. The molecule has 1 aliphatic carbocycles. The van der Waals surface area contributed by atoms with Gasteiger partial charge in [0, 0.05) is 17.7 Å². The van der Waals surface area contributed by atoms with E-state index in [1.807, 2.05) is 18.4 Å². The lowest BCUT2D eigenvalue weighted by Gasteiger charge is -2.38. The molecule has 6 nitrogen and oxygen atoms in total. The van der Waals surface area contributed by atoms with Crippen molar-refractivity contribution >= 4 is 34.0 Å². The van der Waals surface area contributed by atoms with Crippen LogP contribution in [0, 0.1) is 11.3 Å². The highest BCUT2D eigenvalue weighted by molar-refractivity contribution is 8.00. The van der Waals surface area contributed by atoms with Crippen LogP contribution in [0.25, 0.3) is 0 Å². The second-order valence-corrected chi connectivity index (χ2v) is 9.70. The standard InChI is InChI=1S/C22H23N5OS2/c1-12(2)13-7-9-14(10-8-13)18-15(11-23)20(24)27(21-25-26-22(29-3)30-21)16-5-4-6-17(28)19(16)18/h7-10,12,18H,4-6,24H2,1-3H3. The Hall–Kier alpha value is -2.63. The van der Waals surface area contributed by atoms with E-state index in [0.717, 1.165) is 28.4 Å². The van der Waals surface area contributed by atoms with Crippen LogP contribution in [0.1, 0.15) is 56.1 Å². The van der Waals surface area contributed by atoms with Gasteiger partial charge >= 0.3 is 0 Å². The van der Waals surface area contributed by atoms with E-state index in [-0.39, 0.29) is 5.78 Å². The number of benzene rings is 1. The molecule has 0 saturated heterocycles. The number of nitriles is 1. The molecule has 0 spiro atoms. The number of nitrogens with two attached hydrogens (primary N) is 1. The predicted molar refractivity (Wildman–Crippen MR) is 120 cm³/mol. The Balaban J connectivity index is 1.89. The molecule has 8 heteroatoms. The van der Waals surface area contributed by atoms with Crippen molar-refractivity contribution in [2.24, 2.45) is 5.73 Å². The highest BCUT2D eigenvalue weighted by Gasteiger charge is 2.41. The van der Waals surface area contributed by atoms with Gasteiger partial charge < -0.3 is 5.73 Å². The Morgan fingerprint density at radius 3 is 2.60 bits per heavy atom. The van der Waals surface area contributed by atoms with Crippen molar-refractivity contribution in [2.45, 2.75) is 49.3 Å². The number of hydrogen-bond acceptors (Lipinski definition) is 8. The van der Waals surface area contributed by atoms with Crippen LogP contribution in [0.2, 0.25) is 0 Å². The lowest BCUT2D eigenvalue weighted by atomic mass is 9.75. The van der Waals surface area contributed by atoms with E-state index < -0.39 is 5.92 Å². The van der Waals surface area contributed by atoms with E-state index in [1.165, 1.54) is 28.7 Å². The van der Waals surface area contributed by atoms with Gasteiger partial charge in [0.25, 0.3) is 0 Å². The number of nitrogens with zero attached hydrogens (tertiary/aromatic N) is 4. The van der Waals surface area contributed by atoms with Gasteiger partial charge in [0.15, 0.2) is 10.1 Å². The van der Waals surface area contributed by atoms with Crippen LogP contribution in [0.5, 0.6) is 0 Å². The number of rotatable bonds is 4. The van der Waals surface area contributed by atoms with E-state index in [2.05, 4.69) is 42.2 Å². The molecule has 0 amide bonds. The minimum absolute atomic E-state index is 0.0778. The molecule has 1 aliphatic heterocycles. The van der Waals surface area contributed by atoms with Gasteiger partial charge in [0.1, 0.15) is 5.82 Å². The van der Waals surface area contributed by atoms with E-state index in [4.69, 9.17) is 5.73 Å². The summed E-state index contributed by atoms with van der Waals surface area (Å²) in [5.74, 6) is 0.385. The number of allylic oxidation sites excluding steroid dienone is 3. The zero-order valence-corrected chi connectivity index (χ0v) is 18.8. The van der Waals surface area contributed by atoms with Crippen molar-refractivity contribution in [1.82, 2.24) is 10.2 Å². The summed E-state index contributed by atoms with van der Waals surface area (Å²) in [6, 6.07) is 10.5. The van der Waals surface area contributed by atoms with E-state index >= 15 is 0 Å². The molecule has 2 aromatic rings. The first-order valence-corrected chi connectivity index (χ1v) is 11.9. The van der Waals surface area contributed by atoms with Crippen molar-refractivity contribution in [3.63, 3.8) is 0 Å². The Labute approximate surface area is 184 Å². The molecular weight excluding hydrogens is 414 g/mol. The van der Waals surface area contributed by atoms with Gasteiger partial charge in [-0.2, -0.15) is 5.26 Å². The van der Waals surface area contributed by atoms with Gasteiger partial charge in [-0.15, -0.1) is 10.2 Å². The third-order valence-electron chi connectivity index (χ3n) is 5.61. The molecule has 4 rings (SSSR count). The third kappa shape index (κ3) is 3.42. The molecule has 1 aromatic heterocycles. The zero-order valence-electron chi connectivity index (χ0n) is 17.2. The molecule has 2 aliphatic rings. The number of thioether (sulfide) groups is 1. The van der Waals surface area contributed by atoms with Gasteiger partial charge in [-0.3, -0.25) is 9.69 Å². The van der Waals surface area contributed by atoms with Crippen molar-refractivity contribution in [3.05, 3.63) is 58.1 Å². The monoisotopic (exact) mass is 437 g/mol. The van der Waals surface area contributed by atoms with Crippen molar-refractivity contribution < 1.29 is 4.79 Å². The zero-order chi connectivity index (χ0) is 21.4. The van der Waals surface area contributed by atoms with E-state index in [9.17, 15) is 10.1 Å². The van der Waals surface area contributed by atoms with Crippen LogP contribution in [0.4, 0.5) is 5.13 Å². The summed E-state index contributed by atoms with van der Waals surface area (Å²) in [5.41, 5.74) is 10.6. The topological polar surface area (TPSA) is 95.9 Å². The Bertz CT molecular complexity index is 1090. The van der Waals surface area contributed by atoms with Crippen LogP contribution in [0.3, 0.4) is 0 Å². The number of carbonyl (C=O) groups excluding carboxylic acids is 1. The number of carbonyl (C=O) groups is 1. The summed E-state index contributed by atoms with van der Waals surface area (Å²) in [5, 5.41) is 19.1. The maximum atomic E-state index is 13.1. The van der Waals surface area contributed by atoms with Crippen molar-refractivity contribution in [1.29, 1.82) is 5.26 Å².